The van der Waals surface area contributed by atoms with Crippen molar-refractivity contribution in [2.75, 3.05) is 17.2 Å². The second-order valence-electron chi connectivity index (χ2n) is 3.98. The van der Waals surface area contributed by atoms with Gasteiger partial charge in [0.15, 0.2) is 0 Å². The maximum atomic E-state index is 8.77. The Bertz CT molecular complexity index is 572. The summed E-state index contributed by atoms with van der Waals surface area (Å²) in [7, 11) is 0. The topological polar surface area (TPSA) is 65.9 Å². The van der Waals surface area contributed by atoms with E-state index in [4.69, 9.17) is 22.6 Å². The number of benzene rings is 1. The van der Waals surface area contributed by atoms with Crippen molar-refractivity contribution in [3.05, 3.63) is 47.6 Å². The van der Waals surface area contributed by atoms with E-state index in [1.807, 2.05) is 35.2 Å². The van der Waals surface area contributed by atoms with E-state index in [-0.39, 0.29) is 0 Å². The second-order valence-corrected chi connectivity index (χ2v) is 4.36. The Hall–Kier alpha value is -2.25. The van der Waals surface area contributed by atoms with Crippen molar-refractivity contribution in [3.8, 4) is 6.07 Å². The van der Waals surface area contributed by atoms with Crippen LogP contribution in [0.2, 0.25) is 5.15 Å². The SMILES string of the molecule is N#CCCN(c1ccccc1)c1cc(N)cc(Cl)n1. The van der Waals surface area contributed by atoms with Crippen LogP contribution < -0.4 is 10.6 Å². The molecule has 0 saturated heterocycles. The van der Waals surface area contributed by atoms with E-state index in [1.165, 1.54) is 0 Å². The number of hydrogen-bond acceptors (Lipinski definition) is 4. The second kappa shape index (κ2) is 6.07. The number of aromatic nitrogens is 1. The first-order valence-corrected chi connectivity index (χ1v) is 6.21. The summed E-state index contributed by atoms with van der Waals surface area (Å²) in [6.45, 7) is 0.535. The van der Waals surface area contributed by atoms with Crippen molar-refractivity contribution in [3.63, 3.8) is 0 Å². The summed E-state index contributed by atoms with van der Waals surface area (Å²) in [6.07, 6.45) is 0.392. The van der Waals surface area contributed by atoms with Crippen LogP contribution >= 0.6 is 11.6 Å². The number of nitrogen functional groups attached to an aromatic ring is 1. The van der Waals surface area contributed by atoms with Crippen LogP contribution in [0, 0.1) is 11.3 Å². The minimum Gasteiger partial charge on any atom is -0.399 e. The molecule has 2 N–H and O–H groups in total. The molecule has 1 heterocycles. The lowest BCUT2D eigenvalue weighted by atomic mass is 10.2. The first-order valence-electron chi connectivity index (χ1n) is 5.83. The van der Waals surface area contributed by atoms with Gasteiger partial charge in [0.05, 0.1) is 12.5 Å². The molecule has 1 aromatic carbocycles. The number of nitrogens with zero attached hydrogens (tertiary/aromatic N) is 3. The number of pyridine rings is 1. The molecule has 0 bridgehead atoms. The lowest BCUT2D eigenvalue weighted by Gasteiger charge is -2.23. The van der Waals surface area contributed by atoms with Crippen LogP contribution in [0.4, 0.5) is 17.2 Å². The summed E-state index contributed by atoms with van der Waals surface area (Å²) in [4.78, 5) is 6.19. The van der Waals surface area contributed by atoms with Crippen molar-refractivity contribution in [1.82, 2.24) is 4.98 Å². The first-order chi connectivity index (χ1) is 9.20. The summed E-state index contributed by atoms with van der Waals surface area (Å²) >= 11 is 5.93. The molecule has 19 heavy (non-hydrogen) atoms. The monoisotopic (exact) mass is 272 g/mol. The van der Waals surface area contributed by atoms with Gasteiger partial charge in [-0.1, -0.05) is 29.8 Å². The van der Waals surface area contributed by atoms with Gasteiger partial charge in [0.1, 0.15) is 11.0 Å². The molecule has 5 heteroatoms. The average molecular weight is 273 g/mol. The third-order valence-corrected chi connectivity index (χ3v) is 2.79. The number of para-hydroxylation sites is 1. The predicted molar refractivity (Wildman–Crippen MR) is 77.3 cm³/mol. The Morgan fingerprint density at radius 3 is 2.63 bits per heavy atom. The van der Waals surface area contributed by atoms with Gasteiger partial charge in [-0.15, -0.1) is 0 Å². The van der Waals surface area contributed by atoms with Gasteiger partial charge in [-0.2, -0.15) is 5.26 Å². The molecule has 0 aliphatic heterocycles. The molecule has 2 aromatic rings. The van der Waals surface area contributed by atoms with Crippen LogP contribution in [-0.4, -0.2) is 11.5 Å². The van der Waals surface area contributed by atoms with Crippen molar-refractivity contribution in [1.29, 1.82) is 5.26 Å². The number of halogens is 1. The van der Waals surface area contributed by atoms with Crippen LogP contribution in [0.3, 0.4) is 0 Å². The highest BCUT2D eigenvalue weighted by Gasteiger charge is 2.11. The van der Waals surface area contributed by atoms with Gasteiger partial charge in [0.2, 0.25) is 0 Å². The molecule has 0 aliphatic carbocycles. The fourth-order valence-corrected chi connectivity index (χ4v) is 2.00. The van der Waals surface area contributed by atoms with Gasteiger partial charge < -0.3 is 10.6 Å². The number of hydrogen-bond donors (Lipinski definition) is 1. The van der Waals surface area contributed by atoms with E-state index in [1.54, 1.807) is 12.1 Å². The van der Waals surface area contributed by atoms with Gasteiger partial charge in [-0.05, 0) is 18.2 Å². The summed E-state index contributed by atoms with van der Waals surface area (Å²) in [5, 5.41) is 9.11. The zero-order valence-corrected chi connectivity index (χ0v) is 11.0. The summed E-state index contributed by atoms with van der Waals surface area (Å²) in [6, 6.07) is 15.2. The Kier molecular flexibility index (Phi) is 4.22. The minimum atomic E-state index is 0.341. The molecule has 0 saturated carbocycles. The molecule has 0 spiro atoms. The Morgan fingerprint density at radius 2 is 2.00 bits per heavy atom. The van der Waals surface area contributed by atoms with Gasteiger partial charge in [-0.3, -0.25) is 0 Å². The highest BCUT2D eigenvalue weighted by atomic mass is 35.5. The predicted octanol–water partition coefficient (Wildman–Crippen LogP) is 3.37. The van der Waals surface area contributed by atoms with Crippen LogP contribution in [0.1, 0.15) is 6.42 Å². The molecule has 2 rings (SSSR count). The first kappa shape index (κ1) is 13.2. The Labute approximate surface area is 117 Å². The van der Waals surface area contributed by atoms with Crippen molar-refractivity contribution >= 4 is 28.8 Å². The molecule has 4 nitrogen and oxygen atoms in total. The molecule has 0 aliphatic rings. The van der Waals surface area contributed by atoms with Gasteiger partial charge >= 0.3 is 0 Å². The minimum absolute atomic E-state index is 0.341. The summed E-state index contributed by atoms with van der Waals surface area (Å²) < 4.78 is 0. The lowest BCUT2D eigenvalue weighted by molar-refractivity contribution is 0.927. The maximum Gasteiger partial charge on any atom is 0.136 e. The number of rotatable bonds is 4. The quantitative estimate of drug-likeness (QED) is 0.867. The van der Waals surface area contributed by atoms with Gasteiger partial charge in [-0.25, -0.2) is 4.98 Å². The fourth-order valence-electron chi connectivity index (χ4n) is 1.79. The van der Waals surface area contributed by atoms with Crippen molar-refractivity contribution in [2.45, 2.75) is 6.42 Å². The van der Waals surface area contributed by atoms with E-state index in [0.717, 1.165) is 5.69 Å². The molecule has 0 unspecified atom stereocenters. The van der Waals surface area contributed by atoms with Crippen LogP contribution in [0.25, 0.3) is 0 Å². The zero-order chi connectivity index (χ0) is 13.7. The number of nitrogens with two attached hydrogens (primary N) is 1. The molecule has 0 atom stereocenters. The van der Waals surface area contributed by atoms with Gasteiger partial charge in [0, 0.05) is 24.0 Å². The number of anilines is 3. The largest absolute Gasteiger partial charge is 0.399 e. The van der Waals surface area contributed by atoms with Crippen LogP contribution in [0.15, 0.2) is 42.5 Å². The zero-order valence-electron chi connectivity index (χ0n) is 10.3. The lowest BCUT2D eigenvalue weighted by Crippen LogP contribution is -2.19. The van der Waals surface area contributed by atoms with E-state index < -0.39 is 0 Å². The molecule has 96 valence electrons. The average Bonchev–Trinajstić information content (AvgIpc) is 2.39. The molecule has 0 fully saturated rings. The molecular formula is C14H13ClN4. The van der Waals surface area contributed by atoms with Crippen LogP contribution in [0.5, 0.6) is 0 Å². The molecule has 0 radical (unpaired) electrons. The molecular weight excluding hydrogens is 260 g/mol. The molecule has 1 aromatic heterocycles. The molecule has 0 amide bonds. The maximum absolute atomic E-state index is 8.77. The summed E-state index contributed by atoms with van der Waals surface area (Å²) in [5.41, 5.74) is 7.29. The normalized spacial score (nSPS) is 9.89. The Morgan fingerprint density at radius 1 is 1.26 bits per heavy atom. The van der Waals surface area contributed by atoms with E-state index in [0.29, 0.717) is 29.6 Å². The van der Waals surface area contributed by atoms with E-state index >= 15 is 0 Å². The van der Waals surface area contributed by atoms with Gasteiger partial charge in [0.25, 0.3) is 0 Å². The highest BCUT2D eigenvalue weighted by Crippen LogP contribution is 2.26. The standard InChI is InChI=1S/C14H13ClN4/c15-13-9-11(17)10-14(18-13)19(8-4-7-16)12-5-2-1-3-6-12/h1-3,5-6,9-10H,4,8H2,(H2,17,18). The van der Waals surface area contributed by atoms with Crippen molar-refractivity contribution in [2.24, 2.45) is 0 Å². The van der Waals surface area contributed by atoms with E-state index in [9.17, 15) is 0 Å². The van der Waals surface area contributed by atoms with Crippen LogP contribution in [-0.2, 0) is 0 Å². The number of nitriles is 1. The third-order valence-electron chi connectivity index (χ3n) is 2.59. The third kappa shape index (κ3) is 3.36. The fraction of sp³-hybridized carbons (Fsp3) is 0.143. The van der Waals surface area contributed by atoms with E-state index in [2.05, 4.69) is 11.1 Å². The smallest absolute Gasteiger partial charge is 0.136 e. The summed E-state index contributed by atoms with van der Waals surface area (Å²) in [5.74, 6) is 0.645. The van der Waals surface area contributed by atoms with Crippen molar-refractivity contribution < 1.29 is 0 Å². The Balaban J connectivity index is 2.40. The highest BCUT2D eigenvalue weighted by molar-refractivity contribution is 6.29.